The van der Waals surface area contributed by atoms with E-state index in [0.29, 0.717) is 0 Å². The van der Waals surface area contributed by atoms with Crippen LogP contribution in [0.1, 0.15) is 41.5 Å². The molecule has 1 aromatic rings. The van der Waals surface area contributed by atoms with Crippen molar-refractivity contribution in [1.82, 2.24) is 0 Å². The molecule has 0 saturated carbocycles. The second-order valence-corrected chi connectivity index (χ2v) is 10.5. The van der Waals surface area contributed by atoms with E-state index < -0.39 is 31.3 Å². The predicted octanol–water partition coefficient (Wildman–Crippen LogP) is 0.157. The molecule has 0 radical (unpaired) electrons. The first-order chi connectivity index (χ1) is 11.6. The Morgan fingerprint density at radius 3 is 1.27 bits per heavy atom. The van der Waals surface area contributed by atoms with Gasteiger partial charge in [0.05, 0.1) is 11.1 Å². The average molecular weight is 501 g/mol. The van der Waals surface area contributed by atoms with E-state index in [2.05, 4.69) is 9.98 Å². The number of hydrogen-bond acceptors (Lipinski definition) is 8. The molecule has 0 unspecified atom stereocenters. The monoisotopic (exact) mass is 500 g/mol. The van der Waals surface area contributed by atoms with E-state index in [9.17, 15) is 16.8 Å². The number of rotatable bonds is 6. The van der Waals surface area contributed by atoms with E-state index in [1.54, 1.807) is 41.5 Å². The van der Waals surface area contributed by atoms with E-state index >= 15 is 0 Å². The number of aliphatic imine (C=N–C) groups is 2. The molecule has 8 nitrogen and oxygen atoms in total. The standard InChI is InChI=1S/C16H24N2O6S2.4Na.4H/c1-15(2,3)17-11-23-25(19,20)13-8-7-9-14(10-13)26(21,22)24-12-18-16(4,5)6;;;;;;;;/h7-12H,1-6H3;;;;;;;;. The van der Waals surface area contributed by atoms with Gasteiger partial charge in [-0.2, -0.15) is 16.8 Å². The van der Waals surface area contributed by atoms with Crippen LogP contribution >= 0.6 is 0 Å². The molecule has 0 N–H and O–H groups in total. The van der Waals surface area contributed by atoms with E-state index in [4.69, 9.17) is 8.37 Å². The van der Waals surface area contributed by atoms with Crippen molar-refractivity contribution in [1.29, 1.82) is 0 Å². The molecule has 0 saturated heterocycles. The Kier molecular flexibility index (Phi) is 20.8. The Morgan fingerprint density at radius 2 is 1.00 bits per heavy atom. The summed E-state index contributed by atoms with van der Waals surface area (Å²) in [6.45, 7) is 10.6. The molecule has 0 fully saturated rings. The van der Waals surface area contributed by atoms with Gasteiger partial charge in [-0.05, 0) is 59.7 Å². The molecular weight excluding hydrogens is 472 g/mol. The fourth-order valence-corrected chi connectivity index (χ4v) is 3.01. The van der Waals surface area contributed by atoms with Gasteiger partial charge < -0.3 is 8.37 Å². The van der Waals surface area contributed by atoms with E-state index in [1.165, 1.54) is 18.2 Å². The molecule has 30 heavy (non-hydrogen) atoms. The van der Waals surface area contributed by atoms with Crippen LogP contribution < -0.4 is 0 Å². The van der Waals surface area contributed by atoms with Crippen molar-refractivity contribution in [3.8, 4) is 0 Å². The molecule has 0 aliphatic carbocycles. The van der Waals surface area contributed by atoms with Crippen LogP contribution in [0.5, 0.6) is 0 Å². The first-order valence-corrected chi connectivity index (χ1v) is 10.5. The molecule has 1 rings (SSSR count). The summed E-state index contributed by atoms with van der Waals surface area (Å²) in [6.07, 6.45) is 1.64. The van der Waals surface area contributed by atoms with Gasteiger partial charge in [-0.3, -0.25) is 9.98 Å². The zero-order valence-electron chi connectivity index (χ0n) is 15.6. The topological polar surface area (TPSA) is 111 Å². The van der Waals surface area contributed by atoms with Gasteiger partial charge in [-0.1, -0.05) is 6.07 Å². The summed E-state index contributed by atoms with van der Waals surface area (Å²) in [5, 5.41) is 0. The van der Waals surface area contributed by atoms with Crippen molar-refractivity contribution in [3.05, 3.63) is 24.3 Å². The first-order valence-electron chi connectivity index (χ1n) is 7.66. The predicted molar refractivity (Wildman–Crippen MR) is 128 cm³/mol. The molecule has 0 atom stereocenters. The summed E-state index contributed by atoms with van der Waals surface area (Å²) >= 11 is 0. The van der Waals surface area contributed by atoms with Gasteiger partial charge >= 0.3 is 138 Å². The molecule has 0 heterocycles. The van der Waals surface area contributed by atoms with Gasteiger partial charge in [0.15, 0.2) is 12.8 Å². The van der Waals surface area contributed by atoms with Crippen molar-refractivity contribution in [2.45, 2.75) is 62.4 Å². The summed E-state index contributed by atoms with van der Waals surface area (Å²) in [4.78, 5) is 7.15. The fraction of sp³-hybridized carbons (Fsp3) is 0.500. The Morgan fingerprint density at radius 1 is 0.700 bits per heavy atom. The summed E-state index contributed by atoms with van der Waals surface area (Å²) in [5.41, 5.74) is -1.03. The normalized spacial score (nSPS) is 12.2. The number of benzene rings is 1. The molecule has 0 aromatic heterocycles. The summed E-state index contributed by atoms with van der Waals surface area (Å²) in [6, 6.07) is 4.64. The van der Waals surface area contributed by atoms with Gasteiger partial charge in [0, 0.05) is 0 Å². The zero-order valence-corrected chi connectivity index (χ0v) is 17.3. The molecule has 14 heteroatoms. The van der Waals surface area contributed by atoms with Crippen LogP contribution in [0.2, 0.25) is 0 Å². The zero-order chi connectivity index (χ0) is 20.2. The van der Waals surface area contributed by atoms with Gasteiger partial charge in [0.2, 0.25) is 0 Å². The van der Waals surface area contributed by atoms with Gasteiger partial charge in [0.1, 0.15) is 9.79 Å². The van der Waals surface area contributed by atoms with Crippen molar-refractivity contribution < 1.29 is 25.2 Å². The van der Waals surface area contributed by atoms with Crippen LogP contribution in [-0.2, 0) is 28.6 Å². The second-order valence-electron chi connectivity index (χ2n) is 7.39. The minimum atomic E-state index is -4.21. The molecule has 0 aliphatic heterocycles. The fourth-order valence-electron chi connectivity index (χ4n) is 1.37. The van der Waals surface area contributed by atoms with E-state index in [0.717, 1.165) is 18.9 Å². The van der Waals surface area contributed by atoms with E-state index in [-0.39, 0.29) is 128 Å². The van der Waals surface area contributed by atoms with Crippen LogP contribution in [0.3, 0.4) is 0 Å². The quantitative estimate of drug-likeness (QED) is 0.238. The first kappa shape index (κ1) is 39.3. The maximum atomic E-state index is 12.2. The average Bonchev–Trinajstić information content (AvgIpc) is 2.44. The maximum absolute atomic E-state index is 12.2. The van der Waals surface area contributed by atoms with Gasteiger partial charge in [-0.25, -0.2) is 0 Å². The SMILES string of the molecule is CC(C)(C)N=COS(=O)(=O)c1cccc(S(=O)(=O)OC=NC(C)(C)C)c1.[NaH].[NaH].[NaH].[NaH]. The molecule has 0 bridgehead atoms. The number of nitrogens with zero attached hydrogens (tertiary/aromatic N) is 2. The summed E-state index contributed by atoms with van der Waals surface area (Å²) in [7, 11) is -8.42. The Balaban J connectivity index is -0.000000845. The third-order valence-corrected chi connectivity index (χ3v) is 4.94. The Labute approximate surface area is 268 Å². The molecule has 0 spiro atoms. The second kappa shape index (κ2) is 15.9. The molecule has 154 valence electrons. The van der Waals surface area contributed by atoms with Crippen molar-refractivity contribution in [2.75, 3.05) is 0 Å². The third kappa shape index (κ3) is 15.8. The molecular formula is C16H28N2Na4O6S2. The Hall–Kier alpha value is 2.06. The summed E-state index contributed by atoms with van der Waals surface area (Å²) in [5.74, 6) is 0. The Bertz CT molecular complexity index is 835. The number of hydrogen-bond donors (Lipinski definition) is 0. The van der Waals surface area contributed by atoms with Gasteiger partial charge in [-0.15, -0.1) is 0 Å². The van der Waals surface area contributed by atoms with Crippen molar-refractivity contribution in [2.24, 2.45) is 9.98 Å². The molecule has 1 aromatic carbocycles. The van der Waals surface area contributed by atoms with Crippen molar-refractivity contribution >= 4 is 151 Å². The van der Waals surface area contributed by atoms with E-state index in [1.807, 2.05) is 0 Å². The minimum absolute atomic E-state index is 0. The van der Waals surface area contributed by atoms with Crippen LogP contribution in [0.15, 0.2) is 44.0 Å². The van der Waals surface area contributed by atoms with Gasteiger partial charge in [0.25, 0.3) is 0 Å². The van der Waals surface area contributed by atoms with Crippen LogP contribution in [0.25, 0.3) is 0 Å². The van der Waals surface area contributed by atoms with Crippen LogP contribution in [-0.4, -0.2) is 159 Å². The molecule has 0 amide bonds. The third-order valence-electron chi connectivity index (χ3n) is 2.60. The van der Waals surface area contributed by atoms with Crippen molar-refractivity contribution in [3.63, 3.8) is 0 Å². The van der Waals surface area contributed by atoms with Crippen LogP contribution in [0, 0.1) is 0 Å². The van der Waals surface area contributed by atoms with Crippen LogP contribution in [0.4, 0.5) is 0 Å². The summed E-state index contributed by atoms with van der Waals surface area (Å²) < 4.78 is 58.1. The molecule has 0 aliphatic rings.